The van der Waals surface area contributed by atoms with Crippen molar-refractivity contribution in [3.8, 4) is 0 Å². The molecule has 12 N–H and O–H groups in total. The van der Waals surface area contributed by atoms with Crippen molar-refractivity contribution in [3.05, 3.63) is 0 Å². The van der Waals surface area contributed by atoms with Crippen molar-refractivity contribution >= 4 is 47.3 Å². The Hall–Kier alpha value is -3.07. The summed E-state index contributed by atoms with van der Waals surface area (Å²) in [4.78, 5) is 65.2. The van der Waals surface area contributed by atoms with Crippen LogP contribution < -0.4 is 38.9 Å². The van der Waals surface area contributed by atoms with Gasteiger partial charge in [-0.3, -0.25) is 24.2 Å². The van der Waals surface area contributed by atoms with Gasteiger partial charge < -0.3 is 44.0 Å². The number of hydrogen-bond donors (Lipinski definition) is 8. The van der Waals surface area contributed by atoms with Gasteiger partial charge in [-0.15, -0.1) is 0 Å². The molecule has 0 fully saturated rings. The Morgan fingerprint density at radius 3 is 1.94 bits per heavy atom. The van der Waals surface area contributed by atoms with E-state index in [0.717, 1.165) is 0 Å². The number of carbonyl (C=O) groups excluding carboxylic acids is 4. The van der Waals surface area contributed by atoms with E-state index in [9.17, 15) is 29.1 Å². The van der Waals surface area contributed by atoms with E-state index < -0.39 is 60.2 Å². The number of aliphatic carboxylic acids is 1. The number of nitrogens with zero attached hydrogens (tertiary/aromatic N) is 1. The number of aliphatic imine (C=N–C) groups is 1. The topological polar surface area (TPSA) is 258 Å². The van der Waals surface area contributed by atoms with Gasteiger partial charge in [0.15, 0.2) is 5.96 Å². The number of carboxylic acids is 1. The Morgan fingerprint density at radius 2 is 1.44 bits per heavy atom. The lowest BCUT2D eigenvalue weighted by molar-refractivity contribution is -0.142. The molecule has 0 saturated heterocycles. The summed E-state index contributed by atoms with van der Waals surface area (Å²) in [6.45, 7) is 3.97. The molecule has 4 atom stereocenters. The van der Waals surface area contributed by atoms with Gasteiger partial charge in [0.1, 0.15) is 18.1 Å². The molecule has 14 nitrogen and oxygen atoms in total. The van der Waals surface area contributed by atoms with E-state index in [1.165, 1.54) is 11.8 Å². The summed E-state index contributed by atoms with van der Waals surface area (Å²) in [6.07, 6.45) is 2.13. The van der Waals surface area contributed by atoms with Gasteiger partial charge in [0, 0.05) is 6.54 Å². The van der Waals surface area contributed by atoms with Gasteiger partial charge >= 0.3 is 5.97 Å². The molecule has 0 aromatic heterocycles. The van der Waals surface area contributed by atoms with Crippen molar-refractivity contribution in [2.75, 3.05) is 18.6 Å². The molecule has 0 radical (unpaired) electrons. The number of carbonyl (C=O) groups is 5. The van der Waals surface area contributed by atoms with Gasteiger partial charge in [-0.25, -0.2) is 4.79 Å². The summed E-state index contributed by atoms with van der Waals surface area (Å²) in [7, 11) is 0. The maximum atomic E-state index is 13.0. The number of rotatable bonds is 18. The molecule has 0 heterocycles. The third kappa shape index (κ3) is 14.4. The number of nitrogens with two attached hydrogens (primary N) is 4. The molecule has 0 aromatic rings. The zero-order valence-corrected chi connectivity index (χ0v) is 21.8. The van der Waals surface area contributed by atoms with E-state index in [-0.39, 0.29) is 31.3 Å². The predicted molar refractivity (Wildman–Crippen MR) is 138 cm³/mol. The lowest BCUT2D eigenvalue weighted by atomic mass is 10.0. The summed E-state index contributed by atoms with van der Waals surface area (Å²) in [6, 6.07) is -4.66. The standard InChI is InChI=1S/C21H40N8O6S/c1-11(2)9-12(22)17(31)27-13(5-4-7-26-21(24)25)18(32)29-15(10-16(23)30)19(33)28-14(20(34)35)6-8-36-3/h11-15H,4-10,22H2,1-3H3,(H2,23,30)(H,27,31)(H,28,33)(H,29,32)(H,34,35)(H4,24,25,26). The SMILES string of the molecule is CSCCC(NC(=O)C(CC(N)=O)NC(=O)C(CCCN=C(N)N)NC(=O)C(N)CC(C)C)C(=O)O. The van der Waals surface area contributed by atoms with E-state index in [0.29, 0.717) is 18.6 Å². The maximum absolute atomic E-state index is 13.0. The second-order valence-electron chi connectivity index (χ2n) is 8.66. The number of amides is 4. The molecule has 0 bridgehead atoms. The third-order valence-corrected chi connectivity index (χ3v) is 5.55. The maximum Gasteiger partial charge on any atom is 0.326 e. The number of thioether (sulfide) groups is 1. The molecule has 0 aliphatic rings. The van der Waals surface area contributed by atoms with Crippen LogP contribution >= 0.6 is 11.8 Å². The van der Waals surface area contributed by atoms with Gasteiger partial charge in [-0.1, -0.05) is 13.8 Å². The fourth-order valence-corrected chi connectivity index (χ4v) is 3.59. The minimum Gasteiger partial charge on any atom is -0.480 e. The molecule has 0 rings (SSSR count). The Kier molecular flexibility index (Phi) is 15.9. The highest BCUT2D eigenvalue weighted by Crippen LogP contribution is 2.07. The van der Waals surface area contributed by atoms with Gasteiger partial charge in [0.25, 0.3) is 0 Å². The molecule has 0 aromatic carbocycles. The summed E-state index contributed by atoms with van der Waals surface area (Å²) in [5, 5.41) is 16.6. The van der Waals surface area contributed by atoms with Crippen LogP contribution in [0.2, 0.25) is 0 Å². The zero-order chi connectivity index (χ0) is 27.8. The third-order valence-electron chi connectivity index (χ3n) is 4.90. The van der Waals surface area contributed by atoms with Crippen LogP contribution in [-0.4, -0.2) is 83.4 Å². The summed E-state index contributed by atoms with van der Waals surface area (Å²) in [5.74, 6) is -3.91. The predicted octanol–water partition coefficient (Wildman–Crippen LogP) is -2.42. The number of guanidine groups is 1. The first kappa shape index (κ1) is 32.9. The molecule has 15 heteroatoms. The molecule has 0 spiro atoms. The molecular formula is C21H40N8O6S. The van der Waals surface area contributed by atoms with Gasteiger partial charge in [0.05, 0.1) is 12.5 Å². The molecule has 0 aliphatic heterocycles. The molecule has 36 heavy (non-hydrogen) atoms. The monoisotopic (exact) mass is 532 g/mol. The van der Waals surface area contributed by atoms with Crippen molar-refractivity contribution in [3.63, 3.8) is 0 Å². The van der Waals surface area contributed by atoms with E-state index in [2.05, 4.69) is 20.9 Å². The number of carboxylic acid groups (broad SMARTS) is 1. The molecule has 4 unspecified atom stereocenters. The first-order valence-electron chi connectivity index (χ1n) is 11.5. The lowest BCUT2D eigenvalue weighted by Crippen LogP contribution is -2.57. The van der Waals surface area contributed by atoms with Crippen molar-refractivity contribution in [2.45, 2.75) is 70.1 Å². The zero-order valence-electron chi connectivity index (χ0n) is 21.0. The highest BCUT2D eigenvalue weighted by molar-refractivity contribution is 7.98. The molecule has 0 saturated carbocycles. The van der Waals surface area contributed by atoms with E-state index in [1.807, 2.05) is 13.8 Å². The minimum absolute atomic E-state index is 0.0964. The van der Waals surface area contributed by atoms with Crippen molar-refractivity contribution in [1.82, 2.24) is 16.0 Å². The highest BCUT2D eigenvalue weighted by atomic mass is 32.2. The first-order valence-corrected chi connectivity index (χ1v) is 12.9. The average molecular weight is 533 g/mol. The smallest absolute Gasteiger partial charge is 0.326 e. The first-order chi connectivity index (χ1) is 16.8. The van der Waals surface area contributed by atoms with Gasteiger partial charge in [-0.2, -0.15) is 11.8 Å². The average Bonchev–Trinajstić information content (AvgIpc) is 2.76. The molecule has 0 aliphatic carbocycles. The normalized spacial score (nSPS) is 14.1. The summed E-state index contributed by atoms with van der Waals surface area (Å²) < 4.78 is 0. The van der Waals surface area contributed by atoms with Gasteiger partial charge in [0.2, 0.25) is 23.6 Å². The molecule has 4 amide bonds. The lowest BCUT2D eigenvalue weighted by Gasteiger charge is -2.25. The Labute approximate surface area is 215 Å². The largest absolute Gasteiger partial charge is 0.480 e. The van der Waals surface area contributed by atoms with Crippen LogP contribution in [0.25, 0.3) is 0 Å². The highest BCUT2D eigenvalue weighted by Gasteiger charge is 2.31. The Balaban J connectivity index is 5.60. The van der Waals surface area contributed by atoms with Crippen molar-refractivity contribution in [1.29, 1.82) is 0 Å². The summed E-state index contributed by atoms with van der Waals surface area (Å²) >= 11 is 1.40. The van der Waals surface area contributed by atoms with E-state index >= 15 is 0 Å². The van der Waals surface area contributed by atoms with Crippen LogP contribution in [0.5, 0.6) is 0 Å². The molecule has 206 valence electrons. The second-order valence-corrected chi connectivity index (χ2v) is 9.64. The second kappa shape index (κ2) is 17.4. The van der Waals surface area contributed by atoms with Crippen molar-refractivity contribution < 1.29 is 29.1 Å². The quantitative estimate of drug-likeness (QED) is 0.0526. The summed E-state index contributed by atoms with van der Waals surface area (Å²) in [5.41, 5.74) is 21.8. The van der Waals surface area contributed by atoms with Crippen LogP contribution in [-0.2, 0) is 24.0 Å². The van der Waals surface area contributed by atoms with Gasteiger partial charge in [-0.05, 0) is 43.6 Å². The van der Waals surface area contributed by atoms with E-state index in [1.54, 1.807) is 6.26 Å². The van der Waals surface area contributed by atoms with Crippen LogP contribution in [0, 0.1) is 5.92 Å². The number of primary amides is 1. The van der Waals surface area contributed by atoms with Crippen LogP contribution in [0.4, 0.5) is 0 Å². The molecular weight excluding hydrogens is 492 g/mol. The van der Waals surface area contributed by atoms with Crippen molar-refractivity contribution in [2.24, 2.45) is 33.8 Å². The van der Waals surface area contributed by atoms with Crippen LogP contribution in [0.1, 0.15) is 46.0 Å². The fourth-order valence-electron chi connectivity index (χ4n) is 3.11. The Morgan fingerprint density at radius 1 is 0.889 bits per heavy atom. The van der Waals surface area contributed by atoms with Crippen LogP contribution in [0.15, 0.2) is 4.99 Å². The number of hydrogen-bond acceptors (Lipinski definition) is 8. The fraction of sp³-hybridized carbons (Fsp3) is 0.714. The Bertz CT molecular complexity index is 790. The van der Waals surface area contributed by atoms with E-state index in [4.69, 9.17) is 22.9 Å². The minimum atomic E-state index is -1.45. The van der Waals surface area contributed by atoms with Crippen LogP contribution in [0.3, 0.4) is 0 Å². The number of nitrogens with one attached hydrogen (secondary N) is 3.